The molecule has 26 heavy (non-hydrogen) atoms. The molecule has 2 aromatic rings. The fourth-order valence-electron chi connectivity index (χ4n) is 1.92. The molecule has 0 aliphatic carbocycles. The van der Waals surface area contributed by atoms with E-state index in [4.69, 9.17) is 10.9 Å². The number of alkyl halides is 3. The Hall–Kier alpha value is -2.79. The number of ether oxygens (including phenoxy) is 1. The zero-order valence-corrected chi connectivity index (χ0v) is 14.0. The van der Waals surface area contributed by atoms with Crippen molar-refractivity contribution in [3.63, 3.8) is 0 Å². The number of nitrogens with one attached hydrogen (secondary N) is 1. The molecule has 140 valence electrons. The Labute approximate surface area is 147 Å². The Morgan fingerprint density at radius 1 is 1.15 bits per heavy atom. The first-order valence-electron chi connectivity index (χ1n) is 7.07. The molecule has 2 aromatic carbocycles. The SMILES string of the molecule is NC(=NCc1cccc(S(N)(=O)=O)c1)Nc1ccc(OC(F)(F)F)cc1. The lowest BCUT2D eigenvalue weighted by Crippen LogP contribution is -2.22. The second kappa shape index (κ2) is 7.62. The number of hydrogen-bond donors (Lipinski definition) is 3. The minimum Gasteiger partial charge on any atom is -0.406 e. The fraction of sp³-hybridized carbons (Fsp3) is 0.133. The maximum absolute atomic E-state index is 12.1. The summed E-state index contributed by atoms with van der Waals surface area (Å²) in [5.74, 6) is -0.367. The van der Waals surface area contributed by atoms with Gasteiger partial charge in [0.2, 0.25) is 10.0 Å². The van der Waals surface area contributed by atoms with Gasteiger partial charge in [0.25, 0.3) is 0 Å². The summed E-state index contributed by atoms with van der Waals surface area (Å²) < 4.78 is 62.6. The average molecular weight is 388 g/mol. The van der Waals surface area contributed by atoms with Gasteiger partial charge in [0.05, 0.1) is 11.4 Å². The summed E-state index contributed by atoms with van der Waals surface area (Å²) in [6.45, 7) is 0.0808. The van der Waals surface area contributed by atoms with Crippen molar-refractivity contribution in [2.45, 2.75) is 17.8 Å². The number of halogens is 3. The van der Waals surface area contributed by atoms with Gasteiger partial charge in [-0.15, -0.1) is 13.2 Å². The summed E-state index contributed by atoms with van der Waals surface area (Å²) in [5, 5.41) is 7.75. The molecular weight excluding hydrogens is 373 g/mol. The van der Waals surface area contributed by atoms with Gasteiger partial charge in [0.15, 0.2) is 5.96 Å². The van der Waals surface area contributed by atoms with Crippen LogP contribution in [0.25, 0.3) is 0 Å². The summed E-state index contributed by atoms with van der Waals surface area (Å²) in [6, 6.07) is 10.8. The molecule has 0 amide bonds. The van der Waals surface area contributed by atoms with Crippen LogP contribution in [-0.2, 0) is 16.6 Å². The van der Waals surface area contributed by atoms with Crippen LogP contribution >= 0.6 is 0 Å². The standard InChI is InChI=1S/C15H15F3N4O3S/c16-15(17,18)25-12-6-4-11(5-7-12)22-14(19)21-9-10-2-1-3-13(8-10)26(20,23)24/h1-8H,9H2,(H3,19,21,22)(H2,20,23,24). The third kappa shape index (κ3) is 6.26. The van der Waals surface area contributed by atoms with Crippen molar-refractivity contribution < 1.29 is 26.3 Å². The van der Waals surface area contributed by atoms with Crippen LogP contribution in [-0.4, -0.2) is 20.7 Å². The van der Waals surface area contributed by atoms with Crippen LogP contribution in [0.1, 0.15) is 5.56 Å². The van der Waals surface area contributed by atoms with E-state index in [1.165, 1.54) is 30.3 Å². The van der Waals surface area contributed by atoms with Crippen LogP contribution in [0.3, 0.4) is 0 Å². The number of sulfonamides is 1. The van der Waals surface area contributed by atoms with E-state index in [2.05, 4.69) is 15.0 Å². The van der Waals surface area contributed by atoms with Gasteiger partial charge >= 0.3 is 6.36 Å². The largest absolute Gasteiger partial charge is 0.573 e. The number of aliphatic imine (C=N–C) groups is 1. The summed E-state index contributed by atoms with van der Waals surface area (Å²) in [5.41, 5.74) is 6.67. The molecule has 0 aliphatic heterocycles. The molecule has 0 aliphatic rings. The van der Waals surface area contributed by atoms with E-state index < -0.39 is 16.4 Å². The molecule has 0 spiro atoms. The normalized spacial score (nSPS) is 12.7. The molecule has 7 nitrogen and oxygen atoms in total. The molecule has 0 saturated heterocycles. The molecule has 0 saturated carbocycles. The van der Waals surface area contributed by atoms with Crippen LogP contribution in [0, 0.1) is 0 Å². The van der Waals surface area contributed by atoms with Gasteiger partial charge in [-0.05, 0) is 42.0 Å². The van der Waals surface area contributed by atoms with Crippen molar-refractivity contribution in [3.8, 4) is 5.75 Å². The summed E-state index contributed by atoms with van der Waals surface area (Å²) in [4.78, 5) is 3.99. The number of nitrogens with zero attached hydrogens (tertiary/aromatic N) is 1. The van der Waals surface area contributed by atoms with Crippen LogP contribution < -0.4 is 20.9 Å². The van der Waals surface area contributed by atoms with Crippen molar-refractivity contribution in [3.05, 3.63) is 54.1 Å². The first-order chi connectivity index (χ1) is 12.0. The van der Waals surface area contributed by atoms with E-state index in [0.29, 0.717) is 11.3 Å². The van der Waals surface area contributed by atoms with Crippen molar-refractivity contribution in [1.82, 2.24) is 0 Å². The van der Waals surface area contributed by atoms with Gasteiger partial charge in [0, 0.05) is 5.69 Å². The lowest BCUT2D eigenvalue weighted by Gasteiger charge is -2.10. The molecule has 0 aromatic heterocycles. The molecule has 2 rings (SSSR count). The maximum atomic E-state index is 12.1. The molecule has 11 heteroatoms. The second-order valence-electron chi connectivity index (χ2n) is 5.09. The number of guanidine groups is 1. The number of benzene rings is 2. The van der Waals surface area contributed by atoms with E-state index in [0.717, 1.165) is 12.1 Å². The van der Waals surface area contributed by atoms with E-state index >= 15 is 0 Å². The third-order valence-electron chi connectivity index (χ3n) is 3.02. The third-order valence-corrected chi connectivity index (χ3v) is 3.93. The molecule has 0 heterocycles. The van der Waals surface area contributed by atoms with Crippen LogP contribution in [0.4, 0.5) is 18.9 Å². The summed E-state index contributed by atoms with van der Waals surface area (Å²) >= 11 is 0. The van der Waals surface area contributed by atoms with E-state index in [1.807, 2.05) is 0 Å². The Balaban J connectivity index is 2.00. The molecule has 0 bridgehead atoms. The van der Waals surface area contributed by atoms with Crippen LogP contribution in [0.15, 0.2) is 58.4 Å². The molecule has 5 N–H and O–H groups in total. The van der Waals surface area contributed by atoms with E-state index in [1.54, 1.807) is 6.07 Å². The maximum Gasteiger partial charge on any atom is 0.573 e. The van der Waals surface area contributed by atoms with Crippen molar-refractivity contribution in [2.24, 2.45) is 15.9 Å². The Bertz CT molecular complexity index is 897. The number of primary sulfonamides is 1. The zero-order valence-electron chi connectivity index (χ0n) is 13.2. The van der Waals surface area contributed by atoms with Gasteiger partial charge in [-0.2, -0.15) is 0 Å². The first kappa shape index (κ1) is 19.5. The predicted octanol–water partition coefficient (Wildman–Crippen LogP) is 2.16. The summed E-state index contributed by atoms with van der Waals surface area (Å²) in [7, 11) is -3.82. The highest BCUT2D eigenvalue weighted by Crippen LogP contribution is 2.23. The number of hydrogen-bond acceptors (Lipinski definition) is 4. The smallest absolute Gasteiger partial charge is 0.406 e. The van der Waals surface area contributed by atoms with Crippen molar-refractivity contribution in [1.29, 1.82) is 0 Å². The van der Waals surface area contributed by atoms with Gasteiger partial charge < -0.3 is 15.8 Å². The number of rotatable bonds is 5. The lowest BCUT2D eigenvalue weighted by atomic mass is 10.2. The highest BCUT2D eigenvalue weighted by molar-refractivity contribution is 7.89. The monoisotopic (exact) mass is 388 g/mol. The first-order valence-corrected chi connectivity index (χ1v) is 8.62. The molecular formula is C15H15F3N4O3S. The fourth-order valence-corrected chi connectivity index (χ4v) is 2.51. The highest BCUT2D eigenvalue weighted by atomic mass is 32.2. The van der Waals surface area contributed by atoms with Gasteiger partial charge in [-0.1, -0.05) is 12.1 Å². The molecule has 0 fully saturated rings. The van der Waals surface area contributed by atoms with E-state index in [-0.39, 0.29) is 23.1 Å². The average Bonchev–Trinajstić information content (AvgIpc) is 2.53. The quantitative estimate of drug-likeness (QED) is 0.536. The van der Waals surface area contributed by atoms with Crippen LogP contribution in [0.2, 0.25) is 0 Å². The Morgan fingerprint density at radius 3 is 2.38 bits per heavy atom. The Morgan fingerprint density at radius 2 is 1.81 bits per heavy atom. The zero-order chi connectivity index (χ0) is 19.4. The highest BCUT2D eigenvalue weighted by Gasteiger charge is 2.30. The molecule has 0 radical (unpaired) electrons. The number of anilines is 1. The minimum absolute atomic E-state index is 0.00417. The Kier molecular flexibility index (Phi) is 5.73. The predicted molar refractivity (Wildman–Crippen MR) is 89.9 cm³/mol. The van der Waals surface area contributed by atoms with Crippen molar-refractivity contribution in [2.75, 3.05) is 5.32 Å². The minimum atomic E-state index is -4.76. The molecule has 0 atom stereocenters. The lowest BCUT2D eigenvalue weighted by molar-refractivity contribution is -0.274. The second-order valence-corrected chi connectivity index (χ2v) is 6.65. The van der Waals surface area contributed by atoms with Crippen LogP contribution in [0.5, 0.6) is 5.75 Å². The van der Waals surface area contributed by atoms with Crippen molar-refractivity contribution >= 4 is 21.7 Å². The van der Waals surface area contributed by atoms with Gasteiger partial charge in [0.1, 0.15) is 5.75 Å². The molecule has 0 unspecified atom stereocenters. The topological polar surface area (TPSA) is 120 Å². The number of nitrogens with two attached hydrogens (primary N) is 2. The van der Waals surface area contributed by atoms with Gasteiger partial charge in [-0.25, -0.2) is 18.5 Å². The van der Waals surface area contributed by atoms with Gasteiger partial charge in [-0.3, -0.25) is 0 Å². The van der Waals surface area contributed by atoms with E-state index in [9.17, 15) is 21.6 Å². The summed E-state index contributed by atoms with van der Waals surface area (Å²) in [6.07, 6.45) is -4.76.